The van der Waals surface area contributed by atoms with Crippen molar-refractivity contribution >= 4 is 13.7 Å². The zero-order valence-electron chi connectivity index (χ0n) is 33.0. The van der Waals surface area contributed by atoms with Crippen molar-refractivity contribution in [1.29, 1.82) is 0 Å². The highest BCUT2D eigenvalue weighted by Crippen LogP contribution is 2.38. The first-order chi connectivity index (χ1) is 24.3. The summed E-state index contributed by atoms with van der Waals surface area (Å²) in [5.41, 5.74) is 0. The standard InChI is InChI=1S/C40H77N2O8P/c1-6-8-10-12-14-15-16-17-18-19-22-25-29-37(43)36(35-50-51(47,48)49-34-33-42(3,4)5)41-40(46)32-28-24-20-23-27-31-39(45)38(44)30-26-21-13-11-9-7-2/h17-18,21,25-26,29,36-39,43-45H,6-16,19-20,22-24,27-28,30-35H2,1-5H3,(H-,41,46,47,48)/b18-17-,26-21-,29-25+/t36-,37+,38-,39-/m0/s1. The van der Waals surface area contributed by atoms with Crippen molar-refractivity contribution < 1.29 is 43.1 Å². The summed E-state index contributed by atoms with van der Waals surface area (Å²) >= 11 is 0. The minimum Gasteiger partial charge on any atom is -0.756 e. The second-order valence-corrected chi connectivity index (χ2v) is 16.3. The van der Waals surface area contributed by atoms with Crippen molar-refractivity contribution in [3.05, 3.63) is 36.5 Å². The molecule has 0 aromatic carbocycles. The first-order valence-electron chi connectivity index (χ1n) is 20.0. The lowest BCUT2D eigenvalue weighted by atomic mass is 10.0. The summed E-state index contributed by atoms with van der Waals surface area (Å²) in [6.45, 7) is 4.38. The first-order valence-corrected chi connectivity index (χ1v) is 21.5. The van der Waals surface area contributed by atoms with Gasteiger partial charge in [-0.3, -0.25) is 9.36 Å². The molecule has 300 valence electrons. The molecule has 0 heterocycles. The first kappa shape index (κ1) is 49.6. The average molecular weight is 745 g/mol. The topological polar surface area (TPSA) is 148 Å². The number of carbonyl (C=O) groups excluding carboxylic acids is 1. The van der Waals surface area contributed by atoms with E-state index >= 15 is 0 Å². The Morgan fingerprint density at radius 3 is 1.96 bits per heavy atom. The summed E-state index contributed by atoms with van der Waals surface area (Å²) in [4.78, 5) is 25.2. The summed E-state index contributed by atoms with van der Waals surface area (Å²) < 4.78 is 23.0. The Labute approximate surface area is 312 Å². The van der Waals surface area contributed by atoms with Crippen LogP contribution in [-0.2, 0) is 18.4 Å². The van der Waals surface area contributed by atoms with Gasteiger partial charge in [0, 0.05) is 6.42 Å². The predicted molar refractivity (Wildman–Crippen MR) is 208 cm³/mol. The number of phosphoric acid groups is 1. The van der Waals surface area contributed by atoms with E-state index in [2.05, 4.69) is 37.4 Å². The third-order valence-electron chi connectivity index (χ3n) is 8.77. The molecule has 0 bridgehead atoms. The van der Waals surface area contributed by atoms with Crippen molar-refractivity contribution in [3.63, 3.8) is 0 Å². The monoisotopic (exact) mass is 745 g/mol. The molecule has 0 saturated carbocycles. The van der Waals surface area contributed by atoms with Crippen molar-refractivity contribution in [3.8, 4) is 0 Å². The van der Waals surface area contributed by atoms with Crippen LogP contribution in [0, 0.1) is 0 Å². The molecule has 0 aliphatic carbocycles. The number of hydrogen-bond acceptors (Lipinski definition) is 8. The van der Waals surface area contributed by atoms with Crippen molar-refractivity contribution in [2.24, 2.45) is 0 Å². The van der Waals surface area contributed by atoms with E-state index in [1.807, 2.05) is 33.3 Å². The van der Waals surface area contributed by atoms with Crippen LogP contribution in [0.2, 0.25) is 0 Å². The summed E-state index contributed by atoms with van der Waals surface area (Å²) in [6.07, 6.45) is 29.2. The van der Waals surface area contributed by atoms with E-state index in [0.29, 0.717) is 36.7 Å². The lowest BCUT2D eigenvalue weighted by molar-refractivity contribution is -0.870. The van der Waals surface area contributed by atoms with Crippen LogP contribution in [0.3, 0.4) is 0 Å². The van der Waals surface area contributed by atoms with E-state index in [9.17, 15) is 29.6 Å². The van der Waals surface area contributed by atoms with E-state index in [0.717, 1.165) is 51.4 Å². The maximum atomic E-state index is 12.8. The fraction of sp³-hybridized carbons (Fsp3) is 0.825. The number of rotatable bonds is 35. The van der Waals surface area contributed by atoms with Crippen LogP contribution in [0.5, 0.6) is 0 Å². The lowest BCUT2D eigenvalue weighted by Gasteiger charge is -2.29. The number of quaternary nitrogens is 1. The molecule has 1 amide bonds. The van der Waals surface area contributed by atoms with Gasteiger partial charge in [-0.25, -0.2) is 0 Å². The number of nitrogens with one attached hydrogen (secondary N) is 1. The second kappa shape index (κ2) is 32.1. The summed E-state index contributed by atoms with van der Waals surface area (Å²) in [5, 5.41) is 34.1. The van der Waals surface area contributed by atoms with Crippen molar-refractivity contribution in [2.45, 2.75) is 173 Å². The SMILES string of the molecule is CCCCC/C=C\C[C@H](O)[C@@H](O)CCCCCCCC(=O)N[C@@H](COP(=O)([O-])OCC[N+](C)(C)C)[C@H](O)/C=C/CC/C=C\CCCCCCCC. The van der Waals surface area contributed by atoms with Crippen LogP contribution in [0.15, 0.2) is 36.5 Å². The molecule has 0 spiro atoms. The number of hydrogen-bond donors (Lipinski definition) is 4. The molecule has 0 fully saturated rings. The number of phosphoric ester groups is 1. The number of carbonyl (C=O) groups is 1. The van der Waals surface area contributed by atoms with E-state index in [1.54, 1.807) is 6.08 Å². The molecule has 1 unspecified atom stereocenters. The highest BCUT2D eigenvalue weighted by atomic mass is 31.2. The number of likely N-dealkylation sites (N-methyl/N-ethyl adjacent to an activating group) is 1. The van der Waals surface area contributed by atoms with Gasteiger partial charge in [-0.1, -0.05) is 121 Å². The van der Waals surface area contributed by atoms with Gasteiger partial charge in [0.1, 0.15) is 13.2 Å². The van der Waals surface area contributed by atoms with E-state index < -0.39 is 38.8 Å². The lowest BCUT2D eigenvalue weighted by Crippen LogP contribution is -2.45. The average Bonchev–Trinajstić information content (AvgIpc) is 3.07. The molecular weight excluding hydrogens is 667 g/mol. The smallest absolute Gasteiger partial charge is 0.268 e. The van der Waals surface area contributed by atoms with Gasteiger partial charge in [-0.2, -0.15) is 0 Å². The predicted octanol–water partition coefficient (Wildman–Crippen LogP) is 7.66. The van der Waals surface area contributed by atoms with E-state index in [4.69, 9.17) is 9.05 Å². The van der Waals surface area contributed by atoms with Crippen LogP contribution in [0.1, 0.15) is 149 Å². The van der Waals surface area contributed by atoms with Crippen LogP contribution >= 0.6 is 7.82 Å². The number of allylic oxidation sites excluding steroid dienone is 4. The van der Waals surface area contributed by atoms with Gasteiger partial charge in [0.25, 0.3) is 7.82 Å². The Hall–Kier alpha value is -1.36. The number of amides is 1. The molecule has 10 nitrogen and oxygen atoms in total. The van der Waals surface area contributed by atoms with Crippen molar-refractivity contribution in [2.75, 3.05) is 40.9 Å². The highest BCUT2D eigenvalue weighted by molar-refractivity contribution is 7.45. The molecule has 0 rings (SSSR count). The van der Waals surface area contributed by atoms with Crippen LogP contribution in [-0.4, -0.2) is 91.0 Å². The molecule has 5 atom stereocenters. The van der Waals surface area contributed by atoms with E-state index in [-0.39, 0.29) is 18.9 Å². The number of unbranched alkanes of at least 4 members (excludes halogenated alkanes) is 14. The van der Waals surface area contributed by atoms with Gasteiger partial charge in [0.05, 0.1) is 52.1 Å². The van der Waals surface area contributed by atoms with E-state index in [1.165, 1.54) is 51.4 Å². The molecule has 4 N–H and O–H groups in total. The normalized spacial score (nSPS) is 16.2. The summed E-state index contributed by atoms with van der Waals surface area (Å²) in [6, 6.07) is -0.958. The molecule has 0 aromatic rings. The summed E-state index contributed by atoms with van der Waals surface area (Å²) in [7, 11) is 1.14. The fourth-order valence-electron chi connectivity index (χ4n) is 5.36. The molecule has 0 aliphatic rings. The zero-order chi connectivity index (χ0) is 38.2. The van der Waals surface area contributed by atoms with Gasteiger partial charge in [0.2, 0.25) is 5.91 Å². The Morgan fingerprint density at radius 1 is 0.725 bits per heavy atom. The quantitative estimate of drug-likeness (QED) is 0.0224. The molecule has 11 heteroatoms. The summed E-state index contributed by atoms with van der Waals surface area (Å²) in [5.74, 6) is -0.290. The number of aliphatic hydroxyl groups is 3. The molecule has 51 heavy (non-hydrogen) atoms. The van der Waals surface area contributed by atoms with Crippen LogP contribution in [0.25, 0.3) is 0 Å². The molecule has 0 aliphatic heterocycles. The molecule has 0 radical (unpaired) electrons. The minimum atomic E-state index is -4.63. The maximum Gasteiger partial charge on any atom is 0.268 e. The van der Waals surface area contributed by atoms with Crippen molar-refractivity contribution in [1.82, 2.24) is 5.32 Å². The second-order valence-electron chi connectivity index (χ2n) is 14.9. The minimum absolute atomic E-state index is 0.0355. The zero-order valence-corrected chi connectivity index (χ0v) is 33.9. The van der Waals surface area contributed by atoms with Gasteiger partial charge >= 0.3 is 0 Å². The Balaban J connectivity index is 4.68. The number of nitrogens with zero attached hydrogens (tertiary/aromatic N) is 1. The Kier molecular flexibility index (Phi) is 31.2. The van der Waals surface area contributed by atoms with Gasteiger partial charge < -0.3 is 39.1 Å². The van der Waals surface area contributed by atoms with Gasteiger partial charge in [-0.05, 0) is 57.8 Å². The van der Waals surface area contributed by atoms with Gasteiger partial charge in [0.15, 0.2) is 0 Å². The Morgan fingerprint density at radius 2 is 1.27 bits per heavy atom. The molecule has 0 aromatic heterocycles. The van der Waals surface area contributed by atoms with Crippen LogP contribution in [0.4, 0.5) is 0 Å². The highest BCUT2D eigenvalue weighted by Gasteiger charge is 2.23. The third kappa shape index (κ3) is 33.0. The maximum absolute atomic E-state index is 12.8. The molecule has 0 saturated heterocycles. The van der Waals surface area contributed by atoms with Gasteiger partial charge in [-0.15, -0.1) is 0 Å². The number of aliphatic hydroxyl groups excluding tert-OH is 3. The molecular formula is C40H77N2O8P. The fourth-order valence-corrected chi connectivity index (χ4v) is 6.09. The largest absolute Gasteiger partial charge is 0.756 e. The third-order valence-corrected chi connectivity index (χ3v) is 9.74. The Bertz CT molecular complexity index is 969. The van der Waals surface area contributed by atoms with Crippen LogP contribution < -0.4 is 10.2 Å².